The predicted octanol–water partition coefficient (Wildman–Crippen LogP) is 5.44. The van der Waals surface area contributed by atoms with Crippen molar-refractivity contribution in [3.8, 4) is 0 Å². The quantitative estimate of drug-likeness (QED) is 0.620. The Bertz CT molecular complexity index is 480. The third kappa shape index (κ3) is 2.45. The van der Waals surface area contributed by atoms with E-state index in [1.54, 1.807) is 0 Å². The molecule has 0 saturated heterocycles. The van der Waals surface area contributed by atoms with E-state index in [2.05, 4.69) is 34.6 Å². The molecule has 2 heteroatoms. The first-order valence-corrected chi connectivity index (χ1v) is 9.88. The first kappa shape index (κ1) is 17.6. The van der Waals surface area contributed by atoms with E-state index in [4.69, 9.17) is 7.85 Å². The average Bonchev–Trinajstić information content (AvgIpc) is 2.49. The molecule has 0 aromatic rings. The monoisotopic (exact) mass is 314 g/mol. The largest absolute Gasteiger partial charge is 0.300 e. The van der Waals surface area contributed by atoms with Crippen molar-refractivity contribution in [2.75, 3.05) is 0 Å². The Hall–Kier alpha value is -0.265. The first-order valence-electron chi connectivity index (χ1n) is 9.88. The molecular formula is C21H35BO. The van der Waals surface area contributed by atoms with Gasteiger partial charge >= 0.3 is 0 Å². The summed E-state index contributed by atoms with van der Waals surface area (Å²) in [6.45, 7) is 12.4. The van der Waals surface area contributed by atoms with Crippen molar-refractivity contribution in [3.63, 3.8) is 0 Å². The summed E-state index contributed by atoms with van der Waals surface area (Å²) in [6, 6.07) is 0. The number of hydrogen-bond acceptors (Lipinski definition) is 1. The van der Waals surface area contributed by atoms with E-state index in [-0.39, 0.29) is 17.7 Å². The molecular weight excluding hydrogens is 279 g/mol. The van der Waals surface area contributed by atoms with Crippen molar-refractivity contribution in [1.82, 2.24) is 0 Å². The van der Waals surface area contributed by atoms with Gasteiger partial charge in [0.25, 0.3) is 0 Å². The number of rotatable bonds is 2. The van der Waals surface area contributed by atoms with Gasteiger partial charge in [-0.25, -0.2) is 0 Å². The molecule has 0 bridgehead atoms. The van der Waals surface area contributed by atoms with E-state index < -0.39 is 0 Å². The van der Waals surface area contributed by atoms with Crippen LogP contribution in [0.15, 0.2) is 0 Å². The van der Waals surface area contributed by atoms with Crippen molar-refractivity contribution >= 4 is 13.6 Å². The maximum Gasteiger partial charge on any atom is 0.128 e. The zero-order valence-corrected chi connectivity index (χ0v) is 16.0. The van der Waals surface area contributed by atoms with E-state index in [1.807, 2.05) is 0 Å². The highest BCUT2D eigenvalue weighted by molar-refractivity contribution is 6.20. The molecule has 3 aliphatic carbocycles. The molecule has 128 valence electrons. The van der Waals surface area contributed by atoms with Gasteiger partial charge in [0, 0.05) is 5.92 Å². The van der Waals surface area contributed by atoms with Crippen LogP contribution in [-0.2, 0) is 4.79 Å². The highest BCUT2D eigenvalue weighted by Crippen LogP contribution is 2.66. The van der Waals surface area contributed by atoms with Crippen molar-refractivity contribution in [1.29, 1.82) is 0 Å². The molecule has 0 heterocycles. The fourth-order valence-electron chi connectivity index (χ4n) is 6.80. The summed E-state index contributed by atoms with van der Waals surface area (Å²) in [7, 11) is 5.74. The third-order valence-corrected chi connectivity index (χ3v) is 9.04. The Kier molecular flexibility index (Phi) is 4.30. The van der Waals surface area contributed by atoms with Gasteiger partial charge in [-0.2, -0.15) is 0 Å². The minimum Gasteiger partial charge on any atom is -0.300 e. The number of ketones is 1. The van der Waals surface area contributed by atoms with Crippen LogP contribution in [0.2, 0.25) is 6.32 Å². The number of Topliss-reactive ketones (excluding diaryl/α,β-unsaturated/α-hetero) is 1. The minimum absolute atomic E-state index is 0.216. The number of fused-ring (bicyclic) bond motifs is 3. The Morgan fingerprint density at radius 1 is 0.957 bits per heavy atom. The lowest BCUT2D eigenvalue weighted by molar-refractivity contribution is -0.156. The number of carbonyl (C=O) groups excluding carboxylic acids is 1. The van der Waals surface area contributed by atoms with Crippen LogP contribution >= 0.6 is 0 Å². The van der Waals surface area contributed by atoms with Crippen LogP contribution in [0.4, 0.5) is 0 Å². The van der Waals surface area contributed by atoms with Crippen molar-refractivity contribution < 1.29 is 4.79 Å². The highest BCUT2D eigenvalue weighted by Gasteiger charge is 2.59. The molecule has 2 radical (unpaired) electrons. The molecule has 0 amide bonds. The molecule has 0 aliphatic heterocycles. The van der Waals surface area contributed by atoms with Gasteiger partial charge in [-0.05, 0) is 78.8 Å². The zero-order valence-electron chi connectivity index (χ0n) is 16.0. The molecule has 3 aliphatic rings. The Morgan fingerprint density at radius 3 is 2.30 bits per heavy atom. The summed E-state index contributed by atoms with van der Waals surface area (Å²) in [6.07, 6.45) is 9.12. The molecule has 0 spiro atoms. The van der Waals surface area contributed by atoms with Gasteiger partial charge in [-0.3, -0.25) is 0 Å². The first-order chi connectivity index (χ1) is 10.6. The lowest BCUT2D eigenvalue weighted by Crippen LogP contribution is -2.57. The van der Waals surface area contributed by atoms with Crippen molar-refractivity contribution in [2.45, 2.75) is 85.9 Å². The van der Waals surface area contributed by atoms with Crippen LogP contribution in [-0.4, -0.2) is 13.6 Å². The van der Waals surface area contributed by atoms with Crippen LogP contribution in [0.5, 0.6) is 0 Å². The molecule has 3 saturated carbocycles. The number of carbonyl (C=O) groups is 1. The third-order valence-electron chi connectivity index (χ3n) is 9.04. The zero-order chi connectivity index (χ0) is 17.0. The minimum atomic E-state index is 0.216. The van der Waals surface area contributed by atoms with E-state index in [1.165, 1.54) is 38.5 Å². The summed E-state index contributed by atoms with van der Waals surface area (Å²) >= 11 is 0. The maximum atomic E-state index is 12.5. The predicted molar refractivity (Wildman–Crippen MR) is 97.5 cm³/mol. The lowest BCUT2D eigenvalue weighted by Gasteiger charge is -2.64. The summed E-state index contributed by atoms with van der Waals surface area (Å²) < 4.78 is 0. The lowest BCUT2D eigenvalue weighted by atomic mass is 9.41. The van der Waals surface area contributed by atoms with Gasteiger partial charge in [0.15, 0.2) is 0 Å². The second-order valence-electron chi connectivity index (χ2n) is 10.2. The van der Waals surface area contributed by atoms with Gasteiger partial charge in [0.1, 0.15) is 5.78 Å². The van der Waals surface area contributed by atoms with E-state index >= 15 is 0 Å². The van der Waals surface area contributed by atoms with Gasteiger partial charge in [-0.1, -0.05) is 41.0 Å². The maximum absolute atomic E-state index is 12.5. The normalized spacial score (nSPS) is 44.9. The SMILES string of the molecule is [B]CC(=O)C1CCCC2C3CCC(C)(C)C(C)(C)C3CCC12C. The number of hydrogen-bond donors (Lipinski definition) is 0. The Morgan fingerprint density at radius 2 is 1.65 bits per heavy atom. The van der Waals surface area contributed by atoms with Gasteiger partial charge < -0.3 is 4.79 Å². The summed E-state index contributed by atoms with van der Waals surface area (Å²) in [4.78, 5) is 12.5. The fourth-order valence-corrected chi connectivity index (χ4v) is 6.80. The van der Waals surface area contributed by atoms with Crippen LogP contribution in [0, 0.1) is 39.9 Å². The molecule has 5 unspecified atom stereocenters. The second-order valence-corrected chi connectivity index (χ2v) is 10.2. The van der Waals surface area contributed by atoms with Crippen molar-refractivity contribution in [3.05, 3.63) is 0 Å². The van der Waals surface area contributed by atoms with E-state index in [0.717, 1.165) is 24.2 Å². The van der Waals surface area contributed by atoms with Gasteiger partial charge in [0.05, 0.1) is 7.85 Å². The summed E-state index contributed by atoms with van der Waals surface area (Å²) in [5.74, 6) is 2.95. The smallest absolute Gasteiger partial charge is 0.128 e. The Balaban J connectivity index is 1.92. The molecule has 1 nitrogen and oxygen atoms in total. The van der Waals surface area contributed by atoms with Gasteiger partial charge in [-0.15, -0.1) is 0 Å². The molecule has 5 atom stereocenters. The fraction of sp³-hybridized carbons (Fsp3) is 0.952. The molecule has 3 fully saturated rings. The van der Waals surface area contributed by atoms with E-state index in [0.29, 0.717) is 16.6 Å². The van der Waals surface area contributed by atoms with E-state index in [9.17, 15) is 4.79 Å². The molecule has 0 aromatic heterocycles. The molecule has 0 N–H and O–H groups in total. The van der Waals surface area contributed by atoms with Crippen LogP contribution in [0.1, 0.15) is 79.6 Å². The summed E-state index contributed by atoms with van der Waals surface area (Å²) in [5, 5.41) is 0. The average molecular weight is 314 g/mol. The second kappa shape index (κ2) is 5.63. The Labute approximate surface area is 144 Å². The topological polar surface area (TPSA) is 17.1 Å². The van der Waals surface area contributed by atoms with Gasteiger partial charge in [0.2, 0.25) is 0 Å². The highest BCUT2D eigenvalue weighted by atomic mass is 16.1. The van der Waals surface area contributed by atoms with Crippen molar-refractivity contribution in [2.24, 2.45) is 39.9 Å². The van der Waals surface area contributed by atoms with Crippen LogP contribution in [0.25, 0.3) is 0 Å². The molecule has 3 rings (SSSR count). The van der Waals surface area contributed by atoms with Crippen LogP contribution < -0.4 is 0 Å². The molecule has 23 heavy (non-hydrogen) atoms. The van der Waals surface area contributed by atoms with Crippen LogP contribution in [0.3, 0.4) is 0 Å². The molecule has 0 aromatic carbocycles. The summed E-state index contributed by atoms with van der Waals surface area (Å²) in [5.41, 5.74) is 1.05. The standard InChI is InChI=1S/C21H35BO/c1-19(2)11-9-14-15(20(19,3)4)10-12-21(5)16(14)7-6-8-17(21)18(23)13-22/h14-17H,6-13H2,1-5H3.